The average molecular weight is 543 g/mol. The van der Waals surface area contributed by atoms with Crippen LogP contribution in [0, 0.1) is 6.92 Å². The number of anilines is 3. The van der Waals surface area contributed by atoms with Gasteiger partial charge in [0.15, 0.2) is 0 Å². The Hall–Kier alpha value is -5.08. The zero-order valence-electron chi connectivity index (χ0n) is 23.1. The number of pyridine rings is 2. The molecular weight excluding hydrogens is 512 g/mol. The van der Waals surface area contributed by atoms with Crippen molar-refractivity contribution >= 4 is 44.8 Å². The lowest BCUT2D eigenvalue weighted by atomic mass is 9.98. The molecule has 0 radical (unpaired) electrons. The highest BCUT2D eigenvalue weighted by atomic mass is 16.3. The summed E-state index contributed by atoms with van der Waals surface area (Å²) < 4.78 is 1.84. The Morgan fingerprint density at radius 2 is 1.68 bits per heavy atom. The Morgan fingerprint density at radius 3 is 2.44 bits per heavy atom. The number of aryl methyl sites for hydroxylation is 1. The Balaban J connectivity index is 1.28. The number of benzene rings is 3. The Kier molecular flexibility index (Phi) is 6.69. The monoisotopic (exact) mass is 542 g/mol. The molecule has 0 bridgehead atoms. The van der Waals surface area contributed by atoms with Crippen molar-refractivity contribution < 1.29 is 9.90 Å². The highest BCUT2D eigenvalue weighted by Crippen LogP contribution is 2.34. The average Bonchev–Trinajstić information content (AvgIpc) is 3.36. The second-order valence-electron chi connectivity index (χ2n) is 10.8. The number of aromatic nitrogens is 4. The molecule has 3 aromatic heterocycles. The molecule has 0 unspecified atom stereocenters. The van der Waals surface area contributed by atoms with E-state index in [0.29, 0.717) is 17.9 Å². The first-order valence-corrected chi connectivity index (χ1v) is 13.4. The molecule has 0 fully saturated rings. The maximum atomic E-state index is 12.6. The molecule has 6 aromatic rings. The van der Waals surface area contributed by atoms with Gasteiger partial charge < -0.3 is 15.7 Å². The number of nitrogens with one attached hydrogen (secondary N) is 2. The van der Waals surface area contributed by atoms with Crippen molar-refractivity contribution in [2.24, 2.45) is 0 Å². The number of carbonyl (C=O) groups excluding carboxylic acids is 1. The van der Waals surface area contributed by atoms with Crippen LogP contribution >= 0.6 is 0 Å². The van der Waals surface area contributed by atoms with Gasteiger partial charge in [0, 0.05) is 51.1 Å². The van der Waals surface area contributed by atoms with E-state index in [0.717, 1.165) is 49.9 Å². The van der Waals surface area contributed by atoms with Crippen molar-refractivity contribution in [2.45, 2.75) is 32.9 Å². The fourth-order valence-corrected chi connectivity index (χ4v) is 4.97. The van der Waals surface area contributed by atoms with E-state index in [1.807, 2.05) is 77.7 Å². The Labute approximate surface area is 237 Å². The van der Waals surface area contributed by atoms with E-state index in [1.165, 1.54) is 0 Å². The van der Waals surface area contributed by atoms with E-state index in [9.17, 15) is 9.90 Å². The second-order valence-corrected chi connectivity index (χ2v) is 10.8. The number of nitrogens with zero attached hydrogens (tertiary/aromatic N) is 4. The Bertz CT molecular complexity index is 1870. The lowest BCUT2D eigenvalue weighted by Gasteiger charge is -2.18. The predicted octanol–water partition coefficient (Wildman–Crippen LogP) is 6.72. The lowest BCUT2D eigenvalue weighted by molar-refractivity contribution is 0.0591. The standard InChI is InChI=1S/C33H30N6O2/c1-21-26(13-14-29-28(21)19-36-39(29)20-33(2,3)41)31-27-17-30(35-18-23(27)15-16-34-31)37-25-11-9-22(10-12-25)32(40)38-24-7-5-4-6-8-24/h4-19,41H,20H2,1-3H3,(H,35,37)(H,38,40). The van der Waals surface area contributed by atoms with Crippen LogP contribution in [0.5, 0.6) is 0 Å². The number of rotatable bonds is 7. The molecule has 1 amide bonds. The highest BCUT2D eigenvalue weighted by molar-refractivity contribution is 6.04. The van der Waals surface area contributed by atoms with Crippen LogP contribution < -0.4 is 10.6 Å². The first-order chi connectivity index (χ1) is 19.7. The molecule has 0 saturated carbocycles. The zero-order valence-corrected chi connectivity index (χ0v) is 23.1. The molecule has 0 spiro atoms. The van der Waals surface area contributed by atoms with Crippen LogP contribution in [-0.2, 0) is 6.54 Å². The molecule has 3 N–H and O–H groups in total. The number of hydrogen-bond donors (Lipinski definition) is 3. The third-order valence-corrected chi connectivity index (χ3v) is 6.99. The minimum absolute atomic E-state index is 0.166. The third-order valence-electron chi connectivity index (χ3n) is 6.99. The molecule has 41 heavy (non-hydrogen) atoms. The van der Waals surface area contributed by atoms with Crippen LogP contribution in [0.25, 0.3) is 32.9 Å². The van der Waals surface area contributed by atoms with Crippen LogP contribution in [0.4, 0.5) is 17.2 Å². The van der Waals surface area contributed by atoms with Crippen LogP contribution in [0.3, 0.4) is 0 Å². The first kappa shape index (κ1) is 26.2. The summed E-state index contributed by atoms with van der Waals surface area (Å²) in [5.41, 5.74) is 5.17. The van der Waals surface area contributed by atoms with E-state index in [2.05, 4.69) is 33.7 Å². The summed E-state index contributed by atoms with van der Waals surface area (Å²) in [5.74, 6) is 0.505. The summed E-state index contributed by atoms with van der Waals surface area (Å²) in [7, 11) is 0. The molecule has 3 aromatic carbocycles. The van der Waals surface area contributed by atoms with Crippen LogP contribution in [0.1, 0.15) is 29.8 Å². The van der Waals surface area contributed by atoms with Crippen molar-refractivity contribution in [3.63, 3.8) is 0 Å². The van der Waals surface area contributed by atoms with Crippen LogP contribution in [-0.4, -0.2) is 36.4 Å². The molecule has 0 aliphatic carbocycles. The first-order valence-electron chi connectivity index (χ1n) is 13.4. The number of aliphatic hydroxyl groups is 1. The molecule has 8 heteroatoms. The van der Waals surface area contributed by atoms with Gasteiger partial charge in [0.2, 0.25) is 0 Å². The molecule has 0 atom stereocenters. The molecule has 204 valence electrons. The van der Waals surface area contributed by atoms with Gasteiger partial charge in [0.1, 0.15) is 5.82 Å². The van der Waals surface area contributed by atoms with Crippen molar-refractivity contribution in [1.29, 1.82) is 0 Å². The minimum Gasteiger partial charge on any atom is -0.389 e. The van der Waals surface area contributed by atoms with Gasteiger partial charge in [-0.05, 0) is 80.9 Å². The van der Waals surface area contributed by atoms with E-state index >= 15 is 0 Å². The number of hydrogen-bond acceptors (Lipinski definition) is 6. The summed E-state index contributed by atoms with van der Waals surface area (Å²) in [4.78, 5) is 22.0. The molecule has 3 heterocycles. The fourth-order valence-electron chi connectivity index (χ4n) is 4.97. The lowest BCUT2D eigenvalue weighted by Crippen LogP contribution is -2.26. The second kappa shape index (κ2) is 10.5. The van der Waals surface area contributed by atoms with Crippen molar-refractivity contribution in [3.8, 4) is 11.3 Å². The van der Waals surface area contributed by atoms with Gasteiger partial charge in [-0.2, -0.15) is 5.10 Å². The summed E-state index contributed by atoms with van der Waals surface area (Å²) in [5, 5.41) is 24.0. The topological polar surface area (TPSA) is 105 Å². The summed E-state index contributed by atoms with van der Waals surface area (Å²) in [6.07, 6.45) is 5.48. The molecular formula is C33H30N6O2. The van der Waals surface area contributed by atoms with Crippen LogP contribution in [0.2, 0.25) is 0 Å². The van der Waals surface area contributed by atoms with Gasteiger partial charge in [-0.25, -0.2) is 4.98 Å². The summed E-state index contributed by atoms with van der Waals surface area (Å²) in [6.45, 7) is 6.03. The fraction of sp³-hybridized carbons (Fsp3) is 0.152. The molecule has 0 aliphatic heterocycles. The van der Waals surface area contributed by atoms with Gasteiger partial charge in [0.05, 0.1) is 29.6 Å². The van der Waals surface area contributed by atoms with Gasteiger partial charge in [-0.1, -0.05) is 24.3 Å². The normalized spacial score (nSPS) is 11.6. The molecule has 6 rings (SSSR count). The quantitative estimate of drug-likeness (QED) is 0.207. The zero-order chi connectivity index (χ0) is 28.6. The van der Waals surface area contributed by atoms with Gasteiger partial charge in [-0.3, -0.25) is 14.5 Å². The number of para-hydroxylation sites is 1. The van der Waals surface area contributed by atoms with Gasteiger partial charge in [0.25, 0.3) is 5.91 Å². The van der Waals surface area contributed by atoms with Crippen molar-refractivity contribution in [2.75, 3.05) is 10.6 Å². The van der Waals surface area contributed by atoms with Crippen molar-refractivity contribution in [1.82, 2.24) is 19.7 Å². The maximum absolute atomic E-state index is 12.6. The molecule has 0 aliphatic rings. The van der Waals surface area contributed by atoms with Crippen LogP contribution in [0.15, 0.2) is 97.5 Å². The van der Waals surface area contributed by atoms with E-state index in [4.69, 9.17) is 4.98 Å². The number of amides is 1. The minimum atomic E-state index is -0.867. The summed E-state index contributed by atoms with van der Waals surface area (Å²) >= 11 is 0. The predicted molar refractivity (Wildman–Crippen MR) is 163 cm³/mol. The van der Waals surface area contributed by atoms with E-state index < -0.39 is 5.60 Å². The Morgan fingerprint density at radius 1 is 0.902 bits per heavy atom. The maximum Gasteiger partial charge on any atom is 0.255 e. The van der Waals surface area contributed by atoms with E-state index in [-0.39, 0.29) is 5.91 Å². The van der Waals surface area contributed by atoms with Gasteiger partial charge in [-0.15, -0.1) is 0 Å². The summed E-state index contributed by atoms with van der Waals surface area (Å²) in [6, 6.07) is 24.7. The highest BCUT2D eigenvalue weighted by Gasteiger charge is 2.18. The smallest absolute Gasteiger partial charge is 0.255 e. The van der Waals surface area contributed by atoms with E-state index in [1.54, 1.807) is 32.2 Å². The molecule has 8 nitrogen and oxygen atoms in total. The third kappa shape index (κ3) is 5.50. The van der Waals surface area contributed by atoms with Gasteiger partial charge >= 0.3 is 0 Å². The largest absolute Gasteiger partial charge is 0.389 e. The SMILES string of the molecule is Cc1c(-c2nccc3cnc(Nc4ccc(C(=O)Nc5ccccc5)cc4)cc23)ccc2c1cnn2CC(C)(C)O. The number of carbonyl (C=O) groups is 1. The van der Waals surface area contributed by atoms with Crippen molar-refractivity contribution in [3.05, 3.63) is 109 Å². The number of fused-ring (bicyclic) bond motifs is 2. The molecule has 0 saturated heterocycles.